The minimum atomic E-state index is -0.746. The van der Waals surface area contributed by atoms with Gasteiger partial charge in [-0.05, 0) is 63.6 Å². The standard InChI is InChI=1S/C30H36N4O5/c1-18(2)32-29(36)39-19-12-13-21(26(16-19)38-7)20-14-15-24-27(34(5)28(35)30(3,4)33-24)22(20)17-31-23-10-8-9-11-25(23)37-6/h8-16,18,31,33H,17H2,1-7H3,(H,32,36). The van der Waals surface area contributed by atoms with E-state index in [9.17, 15) is 9.59 Å². The van der Waals surface area contributed by atoms with Crippen molar-refractivity contribution in [3.8, 4) is 28.4 Å². The molecule has 0 saturated heterocycles. The number of likely N-dealkylation sites (N-methyl/N-ethyl adjacent to an activating group) is 1. The predicted octanol–water partition coefficient (Wildman–Crippen LogP) is 5.65. The molecule has 206 valence electrons. The van der Waals surface area contributed by atoms with Crippen molar-refractivity contribution in [3.05, 3.63) is 60.2 Å². The molecule has 1 aliphatic heterocycles. The molecule has 9 nitrogen and oxygen atoms in total. The Balaban J connectivity index is 1.81. The van der Waals surface area contributed by atoms with E-state index in [4.69, 9.17) is 14.2 Å². The fourth-order valence-corrected chi connectivity index (χ4v) is 4.77. The molecule has 1 heterocycles. The first-order valence-corrected chi connectivity index (χ1v) is 12.8. The van der Waals surface area contributed by atoms with Crippen molar-refractivity contribution in [3.63, 3.8) is 0 Å². The molecule has 0 atom stereocenters. The van der Waals surface area contributed by atoms with Crippen LogP contribution in [-0.4, -0.2) is 44.8 Å². The van der Waals surface area contributed by atoms with E-state index in [-0.39, 0.29) is 11.9 Å². The molecule has 3 aromatic carbocycles. The molecule has 1 aliphatic rings. The summed E-state index contributed by atoms with van der Waals surface area (Å²) in [4.78, 5) is 27.1. The zero-order chi connectivity index (χ0) is 28.3. The minimum absolute atomic E-state index is 0.0439. The van der Waals surface area contributed by atoms with Crippen LogP contribution in [0.5, 0.6) is 17.2 Å². The van der Waals surface area contributed by atoms with Crippen molar-refractivity contribution in [1.29, 1.82) is 0 Å². The van der Waals surface area contributed by atoms with E-state index in [1.165, 1.54) is 0 Å². The second-order valence-electron chi connectivity index (χ2n) is 10.2. The molecule has 3 N–H and O–H groups in total. The van der Waals surface area contributed by atoms with E-state index in [1.54, 1.807) is 38.3 Å². The van der Waals surface area contributed by atoms with Crippen molar-refractivity contribution >= 4 is 29.1 Å². The van der Waals surface area contributed by atoms with Crippen molar-refractivity contribution in [1.82, 2.24) is 5.32 Å². The number of anilines is 3. The van der Waals surface area contributed by atoms with Gasteiger partial charge in [0.2, 0.25) is 0 Å². The monoisotopic (exact) mass is 532 g/mol. The Kier molecular flexibility index (Phi) is 7.90. The molecule has 4 rings (SSSR count). The van der Waals surface area contributed by atoms with Crippen molar-refractivity contribution in [2.24, 2.45) is 0 Å². The number of nitrogens with zero attached hydrogens (tertiary/aromatic N) is 1. The Hall–Kier alpha value is -4.40. The van der Waals surface area contributed by atoms with Gasteiger partial charge in [-0.2, -0.15) is 0 Å². The lowest BCUT2D eigenvalue weighted by Crippen LogP contribution is -2.52. The van der Waals surface area contributed by atoms with Gasteiger partial charge in [-0.3, -0.25) is 4.79 Å². The van der Waals surface area contributed by atoms with Crippen molar-refractivity contribution < 1.29 is 23.8 Å². The van der Waals surface area contributed by atoms with Gasteiger partial charge in [0.05, 0.1) is 31.3 Å². The Labute approximate surface area is 229 Å². The molecule has 0 unspecified atom stereocenters. The molecular formula is C30H36N4O5. The fraction of sp³-hybridized carbons (Fsp3) is 0.333. The van der Waals surface area contributed by atoms with Crippen LogP contribution in [0.3, 0.4) is 0 Å². The lowest BCUT2D eigenvalue weighted by molar-refractivity contribution is -0.121. The van der Waals surface area contributed by atoms with Gasteiger partial charge in [-0.25, -0.2) is 4.79 Å². The van der Waals surface area contributed by atoms with Crippen LogP contribution in [0.1, 0.15) is 33.3 Å². The maximum Gasteiger partial charge on any atom is 0.412 e. The molecule has 0 aromatic heterocycles. The third-order valence-corrected chi connectivity index (χ3v) is 6.55. The second-order valence-corrected chi connectivity index (χ2v) is 10.2. The molecule has 2 amide bonds. The summed E-state index contributed by atoms with van der Waals surface area (Å²) < 4.78 is 16.7. The van der Waals surface area contributed by atoms with Gasteiger partial charge in [0.15, 0.2) is 0 Å². The van der Waals surface area contributed by atoms with Gasteiger partial charge in [0.1, 0.15) is 22.8 Å². The number of hydrogen-bond acceptors (Lipinski definition) is 7. The minimum Gasteiger partial charge on any atom is -0.496 e. The van der Waals surface area contributed by atoms with E-state index < -0.39 is 11.6 Å². The number of amides is 2. The third kappa shape index (κ3) is 5.72. The summed E-state index contributed by atoms with van der Waals surface area (Å²) in [6.45, 7) is 7.86. The number of methoxy groups -OCH3 is 2. The van der Waals surface area contributed by atoms with Crippen LogP contribution in [0.25, 0.3) is 11.1 Å². The molecule has 0 aliphatic carbocycles. The number of nitrogens with one attached hydrogen (secondary N) is 3. The van der Waals surface area contributed by atoms with Crippen LogP contribution in [0.2, 0.25) is 0 Å². The molecule has 39 heavy (non-hydrogen) atoms. The third-order valence-electron chi connectivity index (χ3n) is 6.55. The summed E-state index contributed by atoms with van der Waals surface area (Å²) in [7, 11) is 4.99. The normalized spacial score (nSPS) is 13.8. The Morgan fingerprint density at radius 2 is 1.69 bits per heavy atom. The topological polar surface area (TPSA) is 101 Å². The summed E-state index contributed by atoms with van der Waals surface area (Å²) >= 11 is 0. The molecular weight excluding hydrogens is 496 g/mol. The van der Waals surface area contributed by atoms with E-state index in [2.05, 4.69) is 16.0 Å². The van der Waals surface area contributed by atoms with Crippen LogP contribution in [0.15, 0.2) is 54.6 Å². The number of fused-ring (bicyclic) bond motifs is 1. The zero-order valence-corrected chi connectivity index (χ0v) is 23.5. The zero-order valence-electron chi connectivity index (χ0n) is 23.5. The second kappa shape index (κ2) is 11.1. The Bertz CT molecular complexity index is 1390. The van der Waals surface area contributed by atoms with Crippen molar-refractivity contribution in [2.45, 2.75) is 45.8 Å². The van der Waals surface area contributed by atoms with E-state index in [1.807, 2.05) is 70.2 Å². The number of hydrogen-bond donors (Lipinski definition) is 3. The largest absolute Gasteiger partial charge is 0.496 e. The van der Waals surface area contributed by atoms with Crippen LogP contribution in [-0.2, 0) is 11.3 Å². The molecule has 0 saturated carbocycles. The SMILES string of the molecule is COc1ccccc1NCc1c(-c2ccc(OC(=O)NC(C)C)cc2OC)ccc2c1N(C)C(=O)C(C)(C)N2. The summed E-state index contributed by atoms with van der Waals surface area (Å²) in [5.74, 6) is 1.56. The van der Waals surface area contributed by atoms with Gasteiger partial charge in [0, 0.05) is 36.8 Å². The first-order chi connectivity index (χ1) is 18.6. The first kappa shape index (κ1) is 27.6. The van der Waals surface area contributed by atoms with Gasteiger partial charge >= 0.3 is 6.09 Å². The van der Waals surface area contributed by atoms with Crippen molar-refractivity contribution in [2.75, 3.05) is 36.8 Å². The van der Waals surface area contributed by atoms with E-state index >= 15 is 0 Å². The lowest BCUT2D eigenvalue weighted by Gasteiger charge is -2.40. The fourth-order valence-electron chi connectivity index (χ4n) is 4.77. The van der Waals surface area contributed by atoms with Crippen LogP contribution >= 0.6 is 0 Å². The van der Waals surface area contributed by atoms with Crippen LogP contribution < -0.4 is 35.1 Å². The molecule has 0 spiro atoms. The highest BCUT2D eigenvalue weighted by atomic mass is 16.6. The maximum absolute atomic E-state index is 13.3. The Morgan fingerprint density at radius 3 is 2.38 bits per heavy atom. The number of carbonyl (C=O) groups excluding carboxylic acids is 2. The number of carbonyl (C=O) groups is 2. The lowest BCUT2D eigenvalue weighted by atomic mass is 9.91. The smallest absolute Gasteiger partial charge is 0.412 e. The summed E-state index contributed by atoms with van der Waals surface area (Å²) in [6, 6.07) is 16.9. The van der Waals surface area contributed by atoms with Crippen LogP contribution in [0, 0.1) is 0 Å². The highest BCUT2D eigenvalue weighted by Gasteiger charge is 2.38. The highest BCUT2D eigenvalue weighted by Crippen LogP contribution is 2.45. The number of ether oxygens (including phenoxy) is 3. The quantitative estimate of drug-likeness (QED) is 0.345. The molecule has 9 heteroatoms. The predicted molar refractivity (Wildman–Crippen MR) is 154 cm³/mol. The summed E-state index contributed by atoms with van der Waals surface area (Å²) in [6.07, 6.45) is -0.538. The molecule has 0 radical (unpaired) electrons. The molecule has 3 aromatic rings. The van der Waals surface area contributed by atoms with Gasteiger partial charge in [-0.1, -0.05) is 18.2 Å². The first-order valence-electron chi connectivity index (χ1n) is 12.8. The molecule has 0 bridgehead atoms. The average Bonchev–Trinajstić information content (AvgIpc) is 2.90. The molecule has 0 fully saturated rings. The summed E-state index contributed by atoms with van der Waals surface area (Å²) in [5.41, 5.74) is 4.26. The Morgan fingerprint density at radius 1 is 1.00 bits per heavy atom. The van der Waals surface area contributed by atoms with E-state index in [0.29, 0.717) is 23.8 Å². The van der Waals surface area contributed by atoms with E-state index in [0.717, 1.165) is 33.8 Å². The maximum atomic E-state index is 13.3. The van der Waals surface area contributed by atoms with Crippen LogP contribution in [0.4, 0.5) is 21.9 Å². The van der Waals surface area contributed by atoms with Gasteiger partial charge in [-0.15, -0.1) is 0 Å². The summed E-state index contributed by atoms with van der Waals surface area (Å²) in [5, 5.41) is 9.58. The number of para-hydroxylation sites is 2. The van der Waals surface area contributed by atoms with Gasteiger partial charge < -0.3 is 35.1 Å². The number of benzene rings is 3. The average molecular weight is 533 g/mol. The highest BCUT2D eigenvalue weighted by molar-refractivity contribution is 6.09. The van der Waals surface area contributed by atoms with Gasteiger partial charge in [0.25, 0.3) is 5.91 Å². The number of rotatable bonds is 8.